The van der Waals surface area contributed by atoms with Crippen molar-refractivity contribution in [3.05, 3.63) is 35.9 Å². The highest BCUT2D eigenvalue weighted by molar-refractivity contribution is 7.99. The summed E-state index contributed by atoms with van der Waals surface area (Å²) in [4.78, 5) is 21.6. The zero-order valence-electron chi connectivity index (χ0n) is 14.5. The highest BCUT2D eigenvalue weighted by Crippen LogP contribution is 2.21. The Morgan fingerprint density at radius 1 is 1.50 bits per heavy atom. The van der Waals surface area contributed by atoms with Crippen molar-refractivity contribution in [2.75, 3.05) is 24.7 Å². The summed E-state index contributed by atoms with van der Waals surface area (Å²) in [7, 11) is 0. The third-order valence-corrected chi connectivity index (χ3v) is 3.92. The van der Waals surface area contributed by atoms with Crippen molar-refractivity contribution in [3.63, 3.8) is 0 Å². The maximum absolute atomic E-state index is 12.2. The third kappa shape index (κ3) is 8.24. The molecule has 1 rings (SSSR count). The minimum absolute atomic E-state index is 0.0488. The zero-order valence-corrected chi connectivity index (χ0v) is 15.3. The van der Waals surface area contributed by atoms with Gasteiger partial charge in [-0.1, -0.05) is 0 Å². The molecule has 1 aromatic heterocycles. The van der Waals surface area contributed by atoms with Crippen LogP contribution in [0.5, 0.6) is 0 Å². The number of nitrogens with two attached hydrogens (primary N) is 1. The standard InChI is InChI=1S/C16H21F3N4O2S/c1-3-23(15(24)25-7-8-26-11-16(17,18)19)14(12(2)20)10-22-13-5-4-6-21-9-13/h4-6,9-10H,3,7-8,11,20H2,1-2H3. The largest absolute Gasteiger partial charge is 0.448 e. The Balaban J connectivity index is 2.66. The van der Waals surface area contributed by atoms with Crippen LogP contribution in [0.4, 0.5) is 23.7 Å². The summed E-state index contributed by atoms with van der Waals surface area (Å²) in [6, 6.07) is 3.45. The second-order valence-electron chi connectivity index (χ2n) is 5.06. The minimum atomic E-state index is -4.24. The van der Waals surface area contributed by atoms with Crippen molar-refractivity contribution >= 4 is 29.8 Å². The fourth-order valence-corrected chi connectivity index (χ4v) is 2.38. The summed E-state index contributed by atoms with van der Waals surface area (Å²) in [5.41, 5.74) is 7.12. The van der Waals surface area contributed by atoms with E-state index in [4.69, 9.17) is 10.5 Å². The van der Waals surface area contributed by atoms with E-state index in [1.807, 2.05) is 0 Å². The Morgan fingerprint density at radius 2 is 2.23 bits per heavy atom. The van der Waals surface area contributed by atoms with Crippen LogP contribution in [0.2, 0.25) is 0 Å². The molecule has 0 aliphatic heterocycles. The number of rotatable bonds is 8. The summed E-state index contributed by atoms with van der Waals surface area (Å²) in [6.45, 7) is 3.46. The highest BCUT2D eigenvalue weighted by Gasteiger charge is 2.26. The first-order chi connectivity index (χ1) is 12.2. The van der Waals surface area contributed by atoms with Crippen molar-refractivity contribution in [2.45, 2.75) is 20.0 Å². The van der Waals surface area contributed by atoms with E-state index in [1.54, 1.807) is 38.4 Å². The maximum Gasteiger partial charge on any atom is 0.414 e. The number of aliphatic imine (C=N–C) groups is 1. The molecule has 1 amide bonds. The number of hydrogen-bond donors (Lipinski definition) is 1. The van der Waals surface area contributed by atoms with Crippen LogP contribution in [-0.2, 0) is 4.74 Å². The molecule has 26 heavy (non-hydrogen) atoms. The molecule has 2 N–H and O–H groups in total. The molecule has 6 nitrogen and oxygen atoms in total. The van der Waals surface area contributed by atoms with E-state index in [1.165, 1.54) is 11.1 Å². The summed E-state index contributed by atoms with van der Waals surface area (Å²) in [5.74, 6) is -0.930. The second kappa shape index (κ2) is 10.7. The predicted molar refractivity (Wildman–Crippen MR) is 96.4 cm³/mol. The number of aromatic nitrogens is 1. The van der Waals surface area contributed by atoms with E-state index in [0.717, 1.165) is 0 Å². The monoisotopic (exact) mass is 390 g/mol. The Hall–Kier alpha value is -2.23. The number of nitrogens with zero attached hydrogens (tertiary/aromatic N) is 3. The van der Waals surface area contributed by atoms with Gasteiger partial charge < -0.3 is 10.5 Å². The van der Waals surface area contributed by atoms with Crippen molar-refractivity contribution in [1.82, 2.24) is 9.88 Å². The number of ether oxygens (including phenoxy) is 1. The molecule has 0 aromatic carbocycles. The molecule has 10 heteroatoms. The molecule has 0 atom stereocenters. The number of halogens is 3. The molecule has 0 unspecified atom stereocenters. The summed E-state index contributed by atoms with van der Waals surface area (Å²) < 4.78 is 41.2. The fraction of sp³-hybridized carbons (Fsp3) is 0.438. The summed E-state index contributed by atoms with van der Waals surface area (Å²) in [5, 5.41) is 0. The second-order valence-corrected chi connectivity index (χ2v) is 6.17. The van der Waals surface area contributed by atoms with Gasteiger partial charge in [-0.25, -0.2) is 4.79 Å². The van der Waals surface area contributed by atoms with Crippen LogP contribution in [0.25, 0.3) is 0 Å². The van der Waals surface area contributed by atoms with Gasteiger partial charge in [-0.2, -0.15) is 13.2 Å². The molecule has 0 radical (unpaired) electrons. The highest BCUT2D eigenvalue weighted by atomic mass is 32.2. The molecule has 1 aromatic rings. The lowest BCUT2D eigenvalue weighted by Gasteiger charge is -2.22. The van der Waals surface area contributed by atoms with E-state index in [-0.39, 0.29) is 18.9 Å². The average Bonchev–Trinajstić information content (AvgIpc) is 2.57. The molecule has 0 saturated carbocycles. The van der Waals surface area contributed by atoms with Crippen LogP contribution < -0.4 is 5.73 Å². The fourth-order valence-electron chi connectivity index (χ4n) is 1.80. The van der Waals surface area contributed by atoms with Gasteiger partial charge in [-0.15, -0.1) is 11.8 Å². The number of thioether (sulfide) groups is 1. The van der Waals surface area contributed by atoms with Gasteiger partial charge in [0.2, 0.25) is 0 Å². The lowest BCUT2D eigenvalue weighted by Crippen LogP contribution is -2.33. The van der Waals surface area contributed by atoms with Gasteiger partial charge in [-0.3, -0.25) is 14.9 Å². The molecule has 1 heterocycles. The van der Waals surface area contributed by atoms with Gasteiger partial charge in [0.05, 0.1) is 29.5 Å². The number of amides is 1. The maximum atomic E-state index is 12.2. The number of allylic oxidation sites excluding steroid dienone is 2. The van der Waals surface area contributed by atoms with E-state index >= 15 is 0 Å². The topological polar surface area (TPSA) is 80.8 Å². The van der Waals surface area contributed by atoms with Crippen LogP contribution in [0.3, 0.4) is 0 Å². The Morgan fingerprint density at radius 3 is 2.77 bits per heavy atom. The molecular weight excluding hydrogens is 369 g/mol. The van der Waals surface area contributed by atoms with Crippen molar-refractivity contribution < 1.29 is 22.7 Å². The van der Waals surface area contributed by atoms with E-state index in [9.17, 15) is 18.0 Å². The Bertz CT molecular complexity index is 632. The van der Waals surface area contributed by atoms with Gasteiger partial charge in [0.15, 0.2) is 0 Å². The smallest absolute Gasteiger partial charge is 0.414 e. The van der Waals surface area contributed by atoms with Crippen molar-refractivity contribution in [3.8, 4) is 0 Å². The van der Waals surface area contributed by atoms with Gasteiger partial charge in [0.25, 0.3) is 0 Å². The SMILES string of the molecule is CCN(C(=O)OCCSCC(F)(F)F)C(C=Nc1cccnc1)=C(C)N. The number of pyridine rings is 1. The molecule has 0 spiro atoms. The Labute approximate surface area is 154 Å². The van der Waals surface area contributed by atoms with Crippen LogP contribution in [0, 0.1) is 0 Å². The lowest BCUT2D eigenvalue weighted by atomic mass is 10.3. The first kappa shape index (κ1) is 21.8. The quantitative estimate of drug-likeness (QED) is 0.540. The zero-order chi connectivity index (χ0) is 19.6. The molecule has 0 aliphatic rings. The van der Waals surface area contributed by atoms with Crippen LogP contribution in [0.15, 0.2) is 40.9 Å². The van der Waals surface area contributed by atoms with Crippen LogP contribution in [0.1, 0.15) is 13.8 Å². The van der Waals surface area contributed by atoms with Crippen LogP contribution >= 0.6 is 11.8 Å². The van der Waals surface area contributed by atoms with E-state index in [0.29, 0.717) is 28.8 Å². The molecular formula is C16H21F3N4O2S. The van der Waals surface area contributed by atoms with Crippen molar-refractivity contribution in [1.29, 1.82) is 0 Å². The van der Waals surface area contributed by atoms with E-state index < -0.39 is 18.0 Å². The number of carbonyl (C=O) groups excluding carboxylic acids is 1. The number of alkyl halides is 3. The molecule has 0 fully saturated rings. The third-order valence-electron chi connectivity index (χ3n) is 2.93. The summed E-state index contributed by atoms with van der Waals surface area (Å²) >= 11 is 0.653. The minimum Gasteiger partial charge on any atom is -0.448 e. The Kier molecular flexibility index (Phi) is 8.97. The number of hydrogen-bond acceptors (Lipinski definition) is 6. The first-order valence-electron chi connectivity index (χ1n) is 7.73. The van der Waals surface area contributed by atoms with Gasteiger partial charge >= 0.3 is 12.3 Å². The normalized spacial score (nSPS) is 12.8. The molecule has 0 bridgehead atoms. The van der Waals surface area contributed by atoms with Gasteiger partial charge in [0.1, 0.15) is 6.61 Å². The summed E-state index contributed by atoms with van der Waals surface area (Å²) in [6.07, 6.45) is -0.352. The van der Waals surface area contributed by atoms with Gasteiger partial charge in [0, 0.05) is 24.2 Å². The predicted octanol–water partition coefficient (Wildman–Crippen LogP) is 3.73. The lowest BCUT2D eigenvalue weighted by molar-refractivity contribution is -0.105. The molecule has 144 valence electrons. The van der Waals surface area contributed by atoms with Crippen molar-refractivity contribution in [2.24, 2.45) is 10.7 Å². The van der Waals surface area contributed by atoms with Gasteiger partial charge in [-0.05, 0) is 26.0 Å². The average molecular weight is 390 g/mol. The van der Waals surface area contributed by atoms with Crippen LogP contribution in [-0.4, -0.2) is 53.0 Å². The molecule has 0 saturated heterocycles. The van der Waals surface area contributed by atoms with E-state index in [2.05, 4.69) is 9.98 Å². The molecule has 0 aliphatic carbocycles. The number of carbonyl (C=O) groups is 1. The first-order valence-corrected chi connectivity index (χ1v) is 8.89.